The molecular weight excluding hydrogens is 304 g/mol. The summed E-state index contributed by atoms with van der Waals surface area (Å²) in [5, 5.41) is 0. The highest BCUT2D eigenvalue weighted by molar-refractivity contribution is 5.87. The van der Waals surface area contributed by atoms with Crippen LogP contribution in [0.2, 0.25) is 0 Å². The maximum atomic E-state index is 13.5. The van der Waals surface area contributed by atoms with Crippen LogP contribution in [-0.2, 0) is 16.9 Å². The summed E-state index contributed by atoms with van der Waals surface area (Å²) in [6.07, 6.45) is 12.5. The van der Waals surface area contributed by atoms with Gasteiger partial charge in [0.25, 0.3) is 0 Å². The van der Waals surface area contributed by atoms with Gasteiger partial charge in [0.1, 0.15) is 5.54 Å². The molecular formula is C17H22N6O. The first-order valence-electron chi connectivity index (χ1n) is 8.59. The number of aromatic amines is 1. The molecule has 0 spiro atoms. The molecule has 24 heavy (non-hydrogen) atoms. The van der Waals surface area contributed by atoms with E-state index >= 15 is 0 Å². The molecule has 1 atom stereocenters. The van der Waals surface area contributed by atoms with Crippen molar-refractivity contribution in [2.75, 3.05) is 19.6 Å². The summed E-state index contributed by atoms with van der Waals surface area (Å²) in [7, 11) is 0. The van der Waals surface area contributed by atoms with Crippen molar-refractivity contribution in [2.45, 2.75) is 37.8 Å². The van der Waals surface area contributed by atoms with Crippen molar-refractivity contribution in [1.29, 1.82) is 0 Å². The van der Waals surface area contributed by atoms with Gasteiger partial charge >= 0.3 is 0 Å². The summed E-state index contributed by atoms with van der Waals surface area (Å²) >= 11 is 0. The average molecular weight is 326 g/mol. The summed E-state index contributed by atoms with van der Waals surface area (Å²) < 4.78 is 0. The Morgan fingerprint density at radius 1 is 1.12 bits per heavy atom. The number of hydrogen-bond acceptors (Lipinski definition) is 5. The van der Waals surface area contributed by atoms with E-state index in [2.05, 4.69) is 24.8 Å². The first-order valence-corrected chi connectivity index (χ1v) is 8.59. The van der Waals surface area contributed by atoms with Crippen molar-refractivity contribution in [2.24, 2.45) is 0 Å². The van der Waals surface area contributed by atoms with Crippen molar-refractivity contribution in [3.63, 3.8) is 0 Å². The number of rotatable bonds is 4. The molecule has 2 saturated heterocycles. The molecule has 7 heteroatoms. The van der Waals surface area contributed by atoms with Gasteiger partial charge in [0.05, 0.1) is 18.2 Å². The van der Waals surface area contributed by atoms with E-state index in [4.69, 9.17) is 0 Å². The van der Waals surface area contributed by atoms with Crippen molar-refractivity contribution < 1.29 is 4.79 Å². The van der Waals surface area contributed by atoms with Crippen LogP contribution in [0.5, 0.6) is 0 Å². The Bertz CT molecular complexity index is 682. The van der Waals surface area contributed by atoms with E-state index in [0.29, 0.717) is 6.54 Å². The second-order valence-corrected chi connectivity index (χ2v) is 6.55. The molecule has 7 nitrogen and oxygen atoms in total. The lowest BCUT2D eigenvalue weighted by molar-refractivity contribution is -0.143. The highest BCUT2D eigenvalue weighted by Crippen LogP contribution is 2.40. The number of likely N-dealkylation sites (tertiary alicyclic amines) is 2. The van der Waals surface area contributed by atoms with Crippen molar-refractivity contribution in [1.82, 2.24) is 29.7 Å². The largest absolute Gasteiger partial charge is 0.347 e. The molecule has 2 aromatic heterocycles. The van der Waals surface area contributed by atoms with Crippen LogP contribution in [-0.4, -0.2) is 55.3 Å². The zero-order chi connectivity index (χ0) is 16.4. The van der Waals surface area contributed by atoms with Crippen LogP contribution in [0.1, 0.15) is 37.1 Å². The van der Waals surface area contributed by atoms with Crippen LogP contribution in [0, 0.1) is 0 Å². The Morgan fingerprint density at radius 3 is 2.71 bits per heavy atom. The van der Waals surface area contributed by atoms with Gasteiger partial charge in [-0.25, -0.2) is 4.98 Å². The van der Waals surface area contributed by atoms with Crippen LogP contribution < -0.4 is 0 Å². The van der Waals surface area contributed by atoms with Crippen LogP contribution >= 0.6 is 0 Å². The van der Waals surface area contributed by atoms with E-state index in [-0.39, 0.29) is 5.91 Å². The third-order valence-corrected chi connectivity index (χ3v) is 5.16. The van der Waals surface area contributed by atoms with Crippen molar-refractivity contribution >= 4 is 5.91 Å². The molecule has 0 aromatic carbocycles. The predicted molar refractivity (Wildman–Crippen MR) is 87.8 cm³/mol. The van der Waals surface area contributed by atoms with Gasteiger partial charge in [0, 0.05) is 50.5 Å². The molecule has 4 rings (SSSR count). The molecule has 2 aromatic rings. The van der Waals surface area contributed by atoms with E-state index in [1.165, 1.54) is 0 Å². The summed E-state index contributed by atoms with van der Waals surface area (Å²) in [5.41, 5.74) is 1.07. The van der Waals surface area contributed by atoms with Gasteiger partial charge in [0.15, 0.2) is 0 Å². The average Bonchev–Trinajstić information content (AvgIpc) is 3.38. The fraction of sp³-hybridized carbons (Fsp3) is 0.529. The summed E-state index contributed by atoms with van der Waals surface area (Å²) in [5.74, 6) is 0.178. The minimum Gasteiger partial charge on any atom is -0.347 e. The first-order chi connectivity index (χ1) is 11.8. The van der Waals surface area contributed by atoms with Crippen molar-refractivity contribution in [3.8, 4) is 0 Å². The molecule has 4 heterocycles. The van der Waals surface area contributed by atoms with E-state index in [1.807, 2.05) is 11.1 Å². The number of hydrogen-bond donors (Lipinski definition) is 1. The molecule has 0 radical (unpaired) electrons. The van der Waals surface area contributed by atoms with E-state index in [0.717, 1.165) is 56.7 Å². The van der Waals surface area contributed by atoms with E-state index < -0.39 is 5.54 Å². The fourth-order valence-electron chi connectivity index (χ4n) is 4.00. The molecule has 0 aliphatic carbocycles. The van der Waals surface area contributed by atoms with Crippen LogP contribution in [0.4, 0.5) is 0 Å². The Labute approximate surface area is 141 Å². The second-order valence-electron chi connectivity index (χ2n) is 6.55. The maximum Gasteiger partial charge on any atom is 0.249 e. The molecule has 2 aliphatic rings. The molecule has 1 amide bonds. The third kappa shape index (κ3) is 2.49. The maximum absolute atomic E-state index is 13.5. The van der Waals surface area contributed by atoms with Gasteiger partial charge in [-0.2, -0.15) is 0 Å². The molecule has 126 valence electrons. The van der Waals surface area contributed by atoms with Gasteiger partial charge in [0.2, 0.25) is 5.91 Å². The van der Waals surface area contributed by atoms with Gasteiger partial charge in [-0.15, -0.1) is 0 Å². The molecule has 2 fully saturated rings. The summed E-state index contributed by atoms with van der Waals surface area (Å²) in [6.45, 7) is 3.23. The quantitative estimate of drug-likeness (QED) is 0.917. The SMILES string of the molecule is O=C(N1CCCC1)C1(c2cnccn2)CCCN1Cc1cnc[nH]1. The minimum absolute atomic E-state index is 0.178. The zero-order valence-electron chi connectivity index (χ0n) is 13.7. The smallest absolute Gasteiger partial charge is 0.249 e. The Morgan fingerprint density at radius 2 is 2.00 bits per heavy atom. The Kier molecular flexibility index (Phi) is 4.02. The highest BCUT2D eigenvalue weighted by Gasteiger charge is 2.52. The third-order valence-electron chi connectivity index (χ3n) is 5.16. The number of carbonyl (C=O) groups is 1. The topological polar surface area (TPSA) is 78.0 Å². The Hall–Kier alpha value is -2.28. The monoisotopic (exact) mass is 326 g/mol. The standard InChI is InChI=1S/C17H22N6O/c24-16(22-7-1-2-8-22)17(15-11-18-5-6-20-15)4-3-9-23(17)12-14-10-19-13-21-14/h5-6,10-11,13H,1-4,7-9,12H2,(H,19,21). The van der Waals surface area contributed by atoms with Gasteiger partial charge in [-0.1, -0.05) is 0 Å². The lowest BCUT2D eigenvalue weighted by Crippen LogP contribution is -2.54. The molecule has 2 aliphatic heterocycles. The number of aromatic nitrogens is 4. The number of amides is 1. The minimum atomic E-state index is -0.705. The summed E-state index contributed by atoms with van der Waals surface area (Å²) in [4.78, 5) is 33.8. The van der Waals surface area contributed by atoms with Gasteiger partial charge in [-0.3, -0.25) is 19.7 Å². The van der Waals surface area contributed by atoms with Crippen LogP contribution in [0.15, 0.2) is 31.1 Å². The highest BCUT2D eigenvalue weighted by atomic mass is 16.2. The number of nitrogens with zero attached hydrogens (tertiary/aromatic N) is 5. The fourth-order valence-corrected chi connectivity index (χ4v) is 4.00. The zero-order valence-corrected chi connectivity index (χ0v) is 13.7. The van der Waals surface area contributed by atoms with Crippen LogP contribution in [0.3, 0.4) is 0 Å². The molecule has 1 N–H and O–H groups in total. The van der Waals surface area contributed by atoms with E-state index in [1.54, 1.807) is 24.9 Å². The second kappa shape index (κ2) is 6.32. The Balaban J connectivity index is 1.73. The number of H-pyrrole nitrogens is 1. The predicted octanol–water partition coefficient (Wildman–Crippen LogP) is 1.31. The van der Waals surface area contributed by atoms with E-state index in [9.17, 15) is 4.79 Å². The summed E-state index contributed by atoms with van der Waals surface area (Å²) in [6, 6.07) is 0. The number of nitrogens with one attached hydrogen (secondary N) is 1. The molecule has 0 bridgehead atoms. The van der Waals surface area contributed by atoms with Crippen molar-refractivity contribution in [3.05, 3.63) is 42.5 Å². The van der Waals surface area contributed by atoms with Gasteiger partial charge < -0.3 is 9.88 Å². The normalized spacial score (nSPS) is 24.6. The number of imidazole rings is 1. The molecule has 1 unspecified atom stereocenters. The van der Waals surface area contributed by atoms with Gasteiger partial charge in [-0.05, 0) is 25.7 Å². The van der Waals surface area contributed by atoms with Crippen LogP contribution in [0.25, 0.3) is 0 Å². The number of carbonyl (C=O) groups excluding carboxylic acids is 1. The molecule has 0 saturated carbocycles. The lowest BCUT2D eigenvalue weighted by atomic mass is 9.90. The first kappa shape index (κ1) is 15.3. The lowest BCUT2D eigenvalue weighted by Gasteiger charge is -2.38.